The summed E-state index contributed by atoms with van der Waals surface area (Å²) in [6, 6.07) is 3.95. The van der Waals surface area contributed by atoms with Crippen LogP contribution < -0.4 is 14.8 Å². The molecule has 1 aliphatic carbocycles. The molecule has 1 spiro atoms. The van der Waals surface area contributed by atoms with Gasteiger partial charge in [0.1, 0.15) is 5.60 Å². The minimum atomic E-state index is -0.567. The zero-order valence-corrected chi connectivity index (χ0v) is 18.7. The molecule has 1 saturated carbocycles. The number of nitrogens with one attached hydrogen (secondary N) is 1. The van der Waals surface area contributed by atoms with Crippen molar-refractivity contribution in [1.29, 1.82) is 0 Å². The molecule has 1 saturated heterocycles. The van der Waals surface area contributed by atoms with Crippen molar-refractivity contribution in [1.82, 2.24) is 10.2 Å². The van der Waals surface area contributed by atoms with Gasteiger partial charge in [-0.05, 0) is 62.8 Å². The van der Waals surface area contributed by atoms with Gasteiger partial charge in [0.05, 0.1) is 19.8 Å². The summed E-state index contributed by atoms with van der Waals surface area (Å²) in [5, 5.41) is 3.09. The van der Waals surface area contributed by atoms with E-state index in [2.05, 4.69) is 12.2 Å². The number of amides is 2. The average Bonchev–Trinajstić information content (AvgIpc) is 3.08. The van der Waals surface area contributed by atoms with Crippen LogP contribution in [0.25, 0.3) is 0 Å². The number of rotatable bonds is 3. The number of nitrogens with zero attached hydrogens (tertiary/aromatic N) is 1. The second-order valence-electron chi connectivity index (χ2n) is 9.75. The molecule has 7 nitrogen and oxygen atoms in total. The van der Waals surface area contributed by atoms with Crippen molar-refractivity contribution in [3.8, 4) is 11.5 Å². The zero-order valence-electron chi connectivity index (χ0n) is 18.7. The first-order valence-corrected chi connectivity index (χ1v) is 10.7. The molecule has 4 atom stereocenters. The van der Waals surface area contributed by atoms with E-state index in [-0.39, 0.29) is 23.8 Å². The van der Waals surface area contributed by atoms with E-state index in [4.69, 9.17) is 14.2 Å². The van der Waals surface area contributed by atoms with E-state index in [1.165, 1.54) is 5.56 Å². The SMILES string of the molecule is COc1cc2c(cc1OC)[C@@]13C[C@H](C)[C@@H](NC(=O)OC(C)(C)C)[C@@H]1CC(=O)N3CC2. The van der Waals surface area contributed by atoms with Crippen LogP contribution in [0.1, 0.15) is 51.7 Å². The Bertz CT molecular complexity index is 877. The van der Waals surface area contributed by atoms with Gasteiger partial charge in [-0.15, -0.1) is 0 Å². The third-order valence-electron chi connectivity index (χ3n) is 6.83. The highest BCUT2D eigenvalue weighted by atomic mass is 16.6. The minimum Gasteiger partial charge on any atom is -0.493 e. The fourth-order valence-electron chi connectivity index (χ4n) is 5.82. The smallest absolute Gasteiger partial charge is 0.407 e. The van der Waals surface area contributed by atoms with E-state index in [0.717, 1.165) is 18.4 Å². The summed E-state index contributed by atoms with van der Waals surface area (Å²) < 4.78 is 16.6. The number of carbonyl (C=O) groups is 2. The maximum atomic E-state index is 13.0. The van der Waals surface area contributed by atoms with Crippen LogP contribution in [-0.2, 0) is 21.5 Å². The van der Waals surface area contributed by atoms with E-state index < -0.39 is 17.2 Å². The highest BCUT2D eigenvalue weighted by Crippen LogP contribution is 2.59. The second-order valence-corrected chi connectivity index (χ2v) is 9.75. The van der Waals surface area contributed by atoms with Crippen molar-refractivity contribution < 1.29 is 23.8 Å². The average molecular weight is 417 g/mol. The van der Waals surface area contributed by atoms with Crippen LogP contribution in [0.2, 0.25) is 0 Å². The molecular weight excluding hydrogens is 384 g/mol. The topological polar surface area (TPSA) is 77.1 Å². The predicted octanol–water partition coefficient (Wildman–Crippen LogP) is 3.24. The summed E-state index contributed by atoms with van der Waals surface area (Å²) in [6.45, 7) is 8.38. The Labute approximate surface area is 178 Å². The number of benzene rings is 1. The molecule has 2 fully saturated rings. The third kappa shape index (κ3) is 3.10. The van der Waals surface area contributed by atoms with E-state index in [0.29, 0.717) is 24.5 Å². The Balaban J connectivity index is 1.75. The molecule has 1 N–H and O–H groups in total. The molecule has 0 bridgehead atoms. The number of alkyl carbamates (subject to hydrolysis) is 1. The Morgan fingerprint density at radius 3 is 2.50 bits per heavy atom. The molecular formula is C23H32N2O5. The van der Waals surface area contributed by atoms with Crippen LogP contribution in [0.15, 0.2) is 12.1 Å². The Morgan fingerprint density at radius 1 is 1.20 bits per heavy atom. The standard InChI is InChI=1S/C23H32N2O5/c1-13-12-23-15-10-18(29-6)17(28-5)9-14(15)7-8-25(23)19(26)11-16(23)20(13)24-21(27)30-22(2,3)4/h9-10,13,16,20H,7-8,11-12H2,1-6H3,(H,24,27)/t13-,16-,20+,23-/m0/s1. The van der Waals surface area contributed by atoms with Crippen molar-refractivity contribution >= 4 is 12.0 Å². The highest BCUT2D eigenvalue weighted by Gasteiger charge is 2.64. The van der Waals surface area contributed by atoms with E-state index in [9.17, 15) is 9.59 Å². The van der Waals surface area contributed by atoms with Crippen molar-refractivity contribution in [2.75, 3.05) is 20.8 Å². The normalized spacial score (nSPS) is 29.7. The molecule has 1 aromatic rings. The van der Waals surface area contributed by atoms with Crippen molar-refractivity contribution in [3.63, 3.8) is 0 Å². The summed E-state index contributed by atoms with van der Waals surface area (Å²) in [5.74, 6) is 1.73. The summed E-state index contributed by atoms with van der Waals surface area (Å²) in [4.78, 5) is 27.6. The van der Waals surface area contributed by atoms with Crippen molar-refractivity contribution in [2.24, 2.45) is 11.8 Å². The number of hydrogen-bond donors (Lipinski definition) is 1. The lowest BCUT2D eigenvalue weighted by Crippen LogP contribution is -2.51. The minimum absolute atomic E-state index is 0.00957. The molecule has 0 radical (unpaired) electrons. The third-order valence-corrected chi connectivity index (χ3v) is 6.83. The van der Waals surface area contributed by atoms with Gasteiger partial charge in [-0.3, -0.25) is 4.79 Å². The summed E-state index contributed by atoms with van der Waals surface area (Å²) >= 11 is 0. The molecule has 2 aliphatic heterocycles. The molecule has 0 unspecified atom stereocenters. The molecule has 3 aliphatic rings. The van der Waals surface area contributed by atoms with Crippen molar-refractivity contribution in [2.45, 2.75) is 64.1 Å². The number of hydrogen-bond acceptors (Lipinski definition) is 5. The first kappa shape index (κ1) is 20.8. The fraction of sp³-hybridized carbons (Fsp3) is 0.652. The first-order valence-electron chi connectivity index (χ1n) is 10.7. The van der Waals surface area contributed by atoms with E-state index in [1.54, 1.807) is 14.2 Å². The van der Waals surface area contributed by atoms with Crippen LogP contribution in [0.5, 0.6) is 11.5 Å². The molecule has 7 heteroatoms. The second kappa shape index (κ2) is 7.06. The van der Waals surface area contributed by atoms with Gasteiger partial charge in [-0.25, -0.2) is 4.79 Å². The van der Waals surface area contributed by atoms with Gasteiger partial charge in [-0.2, -0.15) is 0 Å². The fourth-order valence-corrected chi connectivity index (χ4v) is 5.82. The number of ether oxygens (including phenoxy) is 3. The van der Waals surface area contributed by atoms with Crippen LogP contribution in [0.3, 0.4) is 0 Å². The molecule has 2 amide bonds. The van der Waals surface area contributed by atoms with Gasteiger partial charge in [0.2, 0.25) is 5.91 Å². The van der Waals surface area contributed by atoms with Crippen LogP contribution >= 0.6 is 0 Å². The monoisotopic (exact) mass is 416 g/mol. The Kier molecular flexibility index (Phi) is 4.90. The zero-order chi connectivity index (χ0) is 21.8. The summed E-state index contributed by atoms with van der Waals surface area (Å²) in [6.07, 6.45) is 1.59. The van der Waals surface area contributed by atoms with Gasteiger partial charge in [0.15, 0.2) is 11.5 Å². The predicted molar refractivity (Wildman–Crippen MR) is 112 cm³/mol. The quantitative estimate of drug-likeness (QED) is 0.819. The highest BCUT2D eigenvalue weighted by molar-refractivity contribution is 5.82. The lowest BCUT2D eigenvalue weighted by molar-refractivity contribution is -0.132. The van der Waals surface area contributed by atoms with Crippen molar-refractivity contribution in [3.05, 3.63) is 23.3 Å². The van der Waals surface area contributed by atoms with Gasteiger partial charge in [-0.1, -0.05) is 6.92 Å². The first-order chi connectivity index (χ1) is 14.1. The lowest BCUT2D eigenvalue weighted by Gasteiger charge is -2.44. The van der Waals surface area contributed by atoms with Crippen LogP contribution in [-0.4, -0.2) is 49.3 Å². The van der Waals surface area contributed by atoms with Gasteiger partial charge in [0.25, 0.3) is 0 Å². The summed E-state index contributed by atoms with van der Waals surface area (Å²) in [7, 11) is 3.27. The molecule has 4 rings (SSSR count). The van der Waals surface area contributed by atoms with Gasteiger partial charge >= 0.3 is 6.09 Å². The van der Waals surface area contributed by atoms with Crippen LogP contribution in [0.4, 0.5) is 4.79 Å². The molecule has 30 heavy (non-hydrogen) atoms. The molecule has 164 valence electrons. The molecule has 0 aromatic heterocycles. The largest absolute Gasteiger partial charge is 0.493 e. The molecule has 1 aromatic carbocycles. The Hall–Kier alpha value is -2.44. The maximum absolute atomic E-state index is 13.0. The number of fused-ring (bicyclic) bond motifs is 1. The Morgan fingerprint density at radius 2 is 1.87 bits per heavy atom. The summed E-state index contributed by atoms with van der Waals surface area (Å²) in [5.41, 5.74) is 1.32. The van der Waals surface area contributed by atoms with Gasteiger partial charge in [0, 0.05) is 24.9 Å². The number of methoxy groups -OCH3 is 2. The van der Waals surface area contributed by atoms with E-state index in [1.807, 2.05) is 37.8 Å². The maximum Gasteiger partial charge on any atom is 0.407 e. The lowest BCUT2D eigenvalue weighted by atomic mass is 9.75. The van der Waals surface area contributed by atoms with Gasteiger partial charge < -0.3 is 24.4 Å². The van der Waals surface area contributed by atoms with Crippen LogP contribution in [0, 0.1) is 11.8 Å². The molecule has 2 heterocycles. The number of carbonyl (C=O) groups excluding carboxylic acids is 2. The van der Waals surface area contributed by atoms with E-state index >= 15 is 0 Å².